The van der Waals surface area contributed by atoms with Gasteiger partial charge in [-0.2, -0.15) is 12.7 Å². The predicted octanol–water partition coefficient (Wildman–Crippen LogP) is -1.98. The van der Waals surface area contributed by atoms with Gasteiger partial charge in [0.1, 0.15) is 0 Å². The summed E-state index contributed by atoms with van der Waals surface area (Å²) in [5.74, 6) is -0.0235. The van der Waals surface area contributed by atoms with Crippen LogP contribution in [0, 0.1) is 0 Å². The number of nitrogens with zero attached hydrogens (tertiary/aromatic N) is 5. The molecule has 0 radical (unpaired) electrons. The molecule has 1 aliphatic rings. The van der Waals surface area contributed by atoms with E-state index in [0.29, 0.717) is 26.1 Å². The van der Waals surface area contributed by atoms with Gasteiger partial charge in [-0.25, -0.2) is 5.14 Å². The molecule has 0 atom stereocenters. The maximum absolute atomic E-state index is 11.9. The molecule has 1 saturated heterocycles. The fraction of sp³-hybridized carbons (Fsp3) is 0.667. The van der Waals surface area contributed by atoms with E-state index in [2.05, 4.69) is 10.3 Å². The first-order valence-electron chi connectivity index (χ1n) is 5.86. The molecule has 1 amide bonds. The number of aryl methyl sites for hydroxylation is 1. The summed E-state index contributed by atoms with van der Waals surface area (Å²) in [7, 11) is -3.65. The zero-order chi connectivity index (χ0) is 13.9. The van der Waals surface area contributed by atoms with E-state index in [1.54, 1.807) is 22.0 Å². The second-order valence-electron chi connectivity index (χ2n) is 4.24. The van der Waals surface area contributed by atoms with E-state index in [1.807, 2.05) is 0 Å². The lowest BCUT2D eigenvalue weighted by atomic mass is 10.3. The van der Waals surface area contributed by atoms with Crippen LogP contribution in [0.15, 0.2) is 12.4 Å². The average molecular weight is 288 g/mol. The molecule has 0 aromatic carbocycles. The normalized spacial score (nSPS) is 17.6. The molecule has 9 nitrogen and oxygen atoms in total. The van der Waals surface area contributed by atoms with E-state index in [4.69, 9.17) is 5.14 Å². The molecule has 1 aromatic rings. The molecule has 2 N–H and O–H groups in total. The van der Waals surface area contributed by atoms with E-state index in [1.165, 1.54) is 4.31 Å². The number of carbonyl (C=O) groups excluding carboxylic acids is 1. The Kier molecular flexibility index (Phi) is 4.12. The van der Waals surface area contributed by atoms with Gasteiger partial charge in [0.25, 0.3) is 10.2 Å². The Morgan fingerprint density at radius 1 is 1.26 bits per heavy atom. The number of nitrogens with two attached hydrogens (primary N) is 1. The third-order valence-corrected chi connectivity index (χ3v) is 4.06. The van der Waals surface area contributed by atoms with E-state index in [0.717, 1.165) is 0 Å². The number of hydrogen-bond acceptors (Lipinski definition) is 5. The summed E-state index contributed by atoms with van der Waals surface area (Å²) in [6.07, 6.45) is 3.56. The topological polar surface area (TPSA) is 114 Å². The van der Waals surface area contributed by atoms with Crippen molar-refractivity contribution in [2.45, 2.75) is 13.0 Å². The number of piperazine rings is 1. The first-order chi connectivity index (χ1) is 8.97. The van der Waals surface area contributed by atoms with Gasteiger partial charge in [0.05, 0.1) is 12.7 Å². The monoisotopic (exact) mass is 288 g/mol. The largest absolute Gasteiger partial charge is 0.340 e. The second kappa shape index (κ2) is 5.63. The Morgan fingerprint density at radius 2 is 1.95 bits per heavy atom. The molecule has 0 aliphatic carbocycles. The van der Waals surface area contributed by atoms with Crippen LogP contribution in [-0.2, 0) is 21.5 Å². The molecule has 0 bridgehead atoms. The van der Waals surface area contributed by atoms with E-state index in [9.17, 15) is 13.2 Å². The van der Waals surface area contributed by atoms with Crippen LogP contribution >= 0.6 is 0 Å². The highest BCUT2D eigenvalue weighted by Crippen LogP contribution is 2.06. The van der Waals surface area contributed by atoms with Gasteiger partial charge >= 0.3 is 0 Å². The van der Waals surface area contributed by atoms with Gasteiger partial charge < -0.3 is 4.90 Å². The zero-order valence-corrected chi connectivity index (χ0v) is 11.2. The molecule has 1 aromatic heterocycles. The molecule has 10 heteroatoms. The first-order valence-corrected chi connectivity index (χ1v) is 7.37. The van der Waals surface area contributed by atoms with Crippen molar-refractivity contribution in [3.05, 3.63) is 12.4 Å². The van der Waals surface area contributed by atoms with Crippen molar-refractivity contribution < 1.29 is 13.2 Å². The van der Waals surface area contributed by atoms with Crippen LogP contribution in [0.1, 0.15) is 6.42 Å². The van der Waals surface area contributed by atoms with Gasteiger partial charge in [0.15, 0.2) is 0 Å². The molecule has 2 heterocycles. The number of aromatic nitrogens is 3. The summed E-state index contributed by atoms with van der Waals surface area (Å²) in [5.41, 5.74) is 0. The molecule has 0 saturated carbocycles. The van der Waals surface area contributed by atoms with Crippen molar-refractivity contribution in [2.75, 3.05) is 26.2 Å². The maximum atomic E-state index is 11.9. The third-order valence-electron chi connectivity index (χ3n) is 2.98. The van der Waals surface area contributed by atoms with Crippen LogP contribution in [0.25, 0.3) is 0 Å². The van der Waals surface area contributed by atoms with Gasteiger partial charge in [-0.15, -0.1) is 5.10 Å². The smallest absolute Gasteiger partial charge is 0.277 e. The molecule has 2 rings (SSSR count). The first kappa shape index (κ1) is 13.9. The van der Waals surface area contributed by atoms with Crippen molar-refractivity contribution in [1.82, 2.24) is 24.2 Å². The minimum Gasteiger partial charge on any atom is -0.340 e. The molecule has 0 unspecified atom stereocenters. The van der Waals surface area contributed by atoms with Crippen LogP contribution < -0.4 is 5.14 Å². The minimum atomic E-state index is -3.65. The van der Waals surface area contributed by atoms with Gasteiger partial charge in [0.2, 0.25) is 5.91 Å². The molecule has 0 spiro atoms. The molecular weight excluding hydrogens is 272 g/mol. The fourth-order valence-corrected chi connectivity index (χ4v) is 2.58. The molecule has 1 aliphatic heterocycles. The van der Waals surface area contributed by atoms with Gasteiger partial charge in [0, 0.05) is 38.8 Å². The highest BCUT2D eigenvalue weighted by atomic mass is 32.2. The van der Waals surface area contributed by atoms with Crippen LogP contribution in [-0.4, -0.2) is 64.7 Å². The standard InChI is InChI=1S/C9H16N6O3S/c10-19(17,18)15-7-5-13(6-8-15)9(16)1-3-14-4-2-11-12-14/h2,4H,1,3,5-8H2,(H2,10,17,18). The lowest BCUT2D eigenvalue weighted by Crippen LogP contribution is -2.52. The Hall–Kier alpha value is -1.52. The van der Waals surface area contributed by atoms with Crippen molar-refractivity contribution in [2.24, 2.45) is 5.14 Å². The molecular formula is C9H16N6O3S. The van der Waals surface area contributed by atoms with Crippen LogP contribution in [0.3, 0.4) is 0 Å². The Balaban J connectivity index is 1.79. The predicted molar refractivity (Wildman–Crippen MR) is 65.9 cm³/mol. The van der Waals surface area contributed by atoms with Gasteiger partial charge in [-0.05, 0) is 0 Å². The number of hydrogen-bond donors (Lipinski definition) is 1. The average Bonchev–Trinajstić information content (AvgIpc) is 2.88. The second-order valence-corrected chi connectivity index (χ2v) is 5.79. The third kappa shape index (κ3) is 3.72. The van der Waals surface area contributed by atoms with E-state index >= 15 is 0 Å². The quantitative estimate of drug-likeness (QED) is 0.689. The molecule has 106 valence electrons. The lowest BCUT2D eigenvalue weighted by Gasteiger charge is -2.32. The number of carbonyl (C=O) groups is 1. The van der Waals surface area contributed by atoms with Crippen LogP contribution in [0.4, 0.5) is 0 Å². The summed E-state index contributed by atoms with van der Waals surface area (Å²) in [6, 6.07) is 0. The van der Waals surface area contributed by atoms with Gasteiger partial charge in [-0.3, -0.25) is 9.48 Å². The van der Waals surface area contributed by atoms with Gasteiger partial charge in [-0.1, -0.05) is 5.21 Å². The van der Waals surface area contributed by atoms with Crippen molar-refractivity contribution >= 4 is 16.1 Å². The summed E-state index contributed by atoms with van der Waals surface area (Å²) in [6.45, 7) is 1.69. The summed E-state index contributed by atoms with van der Waals surface area (Å²) in [5, 5.41) is 12.5. The lowest BCUT2D eigenvalue weighted by molar-refractivity contribution is -0.132. The SMILES string of the molecule is NS(=O)(=O)N1CCN(C(=O)CCn2ccnn2)CC1. The van der Waals surface area contributed by atoms with E-state index in [-0.39, 0.29) is 19.0 Å². The van der Waals surface area contributed by atoms with Crippen LogP contribution in [0.2, 0.25) is 0 Å². The number of amides is 1. The summed E-state index contributed by atoms with van der Waals surface area (Å²) >= 11 is 0. The highest BCUT2D eigenvalue weighted by molar-refractivity contribution is 7.86. The highest BCUT2D eigenvalue weighted by Gasteiger charge is 2.26. The summed E-state index contributed by atoms with van der Waals surface area (Å²) in [4.78, 5) is 13.6. The van der Waals surface area contributed by atoms with Crippen LogP contribution in [0.5, 0.6) is 0 Å². The molecule has 1 fully saturated rings. The molecule has 19 heavy (non-hydrogen) atoms. The zero-order valence-electron chi connectivity index (χ0n) is 10.3. The van der Waals surface area contributed by atoms with Crippen molar-refractivity contribution in [3.8, 4) is 0 Å². The Labute approximate surface area is 111 Å². The fourth-order valence-electron chi connectivity index (χ4n) is 1.91. The maximum Gasteiger partial charge on any atom is 0.277 e. The Morgan fingerprint density at radius 3 is 2.47 bits per heavy atom. The minimum absolute atomic E-state index is 0.0235. The van der Waals surface area contributed by atoms with E-state index < -0.39 is 10.2 Å². The summed E-state index contributed by atoms with van der Waals surface area (Å²) < 4.78 is 25.0. The number of rotatable bonds is 4. The van der Waals surface area contributed by atoms with Crippen molar-refractivity contribution in [1.29, 1.82) is 0 Å². The van der Waals surface area contributed by atoms with Crippen molar-refractivity contribution in [3.63, 3.8) is 0 Å². The Bertz CT molecular complexity index is 520.